The second-order valence-electron chi connectivity index (χ2n) is 2.75. The van der Waals surface area contributed by atoms with Crippen LogP contribution in [0.15, 0.2) is 12.1 Å². The average molecular weight is 304 g/mol. The van der Waals surface area contributed by atoms with E-state index in [0.29, 0.717) is 23.2 Å². The molecule has 0 unspecified atom stereocenters. The minimum atomic E-state index is -0.108. The molecule has 3 nitrogen and oxygen atoms in total. The first-order valence-corrected chi connectivity index (χ1v) is 5.01. The van der Waals surface area contributed by atoms with Crippen LogP contribution in [0.1, 0.15) is 27.6 Å². The van der Waals surface area contributed by atoms with E-state index < -0.39 is 0 Å². The Morgan fingerprint density at radius 3 is 2.57 bits per heavy atom. The van der Waals surface area contributed by atoms with Crippen molar-refractivity contribution in [2.75, 3.05) is 7.11 Å². The molecule has 4 heteroatoms. The molecule has 14 heavy (non-hydrogen) atoms. The topological polar surface area (TPSA) is 43.4 Å². The van der Waals surface area contributed by atoms with Crippen molar-refractivity contribution in [1.82, 2.24) is 0 Å². The quantitative estimate of drug-likeness (QED) is 0.489. The van der Waals surface area contributed by atoms with E-state index in [1.807, 2.05) is 0 Å². The van der Waals surface area contributed by atoms with Crippen LogP contribution in [0, 0.1) is 3.57 Å². The predicted molar refractivity (Wildman–Crippen MR) is 61.1 cm³/mol. The van der Waals surface area contributed by atoms with Gasteiger partial charge in [-0.2, -0.15) is 0 Å². The molecule has 0 heterocycles. The lowest BCUT2D eigenvalue weighted by molar-refractivity contribution is 0.101. The number of ether oxygens (including phenoxy) is 1. The van der Waals surface area contributed by atoms with Crippen molar-refractivity contribution in [2.24, 2.45) is 0 Å². The summed E-state index contributed by atoms with van der Waals surface area (Å²) in [7, 11) is 1.45. The van der Waals surface area contributed by atoms with Gasteiger partial charge in [0, 0.05) is 3.57 Å². The summed E-state index contributed by atoms with van der Waals surface area (Å²) in [6.07, 6.45) is 0.688. The Bertz CT molecular complexity index is 385. The second-order valence-corrected chi connectivity index (χ2v) is 4.00. The maximum absolute atomic E-state index is 11.2. The van der Waals surface area contributed by atoms with E-state index in [9.17, 15) is 9.59 Å². The van der Waals surface area contributed by atoms with Gasteiger partial charge in [-0.1, -0.05) is 0 Å². The normalized spacial score (nSPS) is 9.64. The molecule has 0 saturated heterocycles. The Balaban J connectivity index is 3.46. The molecule has 0 spiro atoms. The number of carbonyl (C=O) groups is 2. The smallest absolute Gasteiger partial charge is 0.163 e. The van der Waals surface area contributed by atoms with Gasteiger partial charge in [-0.15, -0.1) is 0 Å². The Morgan fingerprint density at radius 1 is 1.50 bits per heavy atom. The van der Waals surface area contributed by atoms with E-state index in [2.05, 4.69) is 22.6 Å². The van der Waals surface area contributed by atoms with Crippen LogP contribution in [0.4, 0.5) is 0 Å². The molecule has 0 amide bonds. The predicted octanol–water partition coefficient (Wildman–Crippen LogP) is 2.31. The van der Waals surface area contributed by atoms with Crippen LogP contribution in [0.2, 0.25) is 0 Å². The number of methoxy groups -OCH3 is 1. The highest BCUT2D eigenvalue weighted by Gasteiger charge is 2.13. The maximum Gasteiger partial charge on any atom is 0.163 e. The molecular weight excluding hydrogens is 295 g/mol. The largest absolute Gasteiger partial charge is 0.495 e. The average Bonchev–Trinajstić information content (AvgIpc) is 2.16. The lowest BCUT2D eigenvalue weighted by atomic mass is 10.1. The molecule has 0 N–H and O–H groups in total. The van der Waals surface area contributed by atoms with E-state index in [0.717, 1.165) is 3.57 Å². The first kappa shape index (κ1) is 11.2. The van der Waals surface area contributed by atoms with Crippen LogP contribution in [-0.2, 0) is 0 Å². The number of benzene rings is 1. The zero-order valence-corrected chi connectivity index (χ0v) is 9.99. The SMILES string of the molecule is COc1c(C=O)cc(I)cc1C(C)=O. The van der Waals surface area contributed by atoms with Crippen LogP contribution >= 0.6 is 22.6 Å². The number of Topliss-reactive ketones (excluding diaryl/α,β-unsaturated/α-hetero) is 1. The van der Waals surface area contributed by atoms with Crippen molar-refractivity contribution >= 4 is 34.7 Å². The van der Waals surface area contributed by atoms with Gasteiger partial charge in [-0.05, 0) is 41.6 Å². The summed E-state index contributed by atoms with van der Waals surface area (Å²) in [6, 6.07) is 3.38. The highest BCUT2D eigenvalue weighted by molar-refractivity contribution is 14.1. The van der Waals surface area contributed by atoms with Gasteiger partial charge in [-0.25, -0.2) is 0 Å². The summed E-state index contributed by atoms with van der Waals surface area (Å²) in [5, 5.41) is 0. The second kappa shape index (κ2) is 4.54. The number of hydrogen-bond acceptors (Lipinski definition) is 3. The zero-order valence-electron chi connectivity index (χ0n) is 7.83. The van der Waals surface area contributed by atoms with Gasteiger partial charge in [0.15, 0.2) is 12.1 Å². The monoisotopic (exact) mass is 304 g/mol. The zero-order chi connectivity index (χ0) is 10.7. The summed E-state index contributed by atoms with van der Waals surface area (Å²) >= 11 is 2.05. The van der Waals surface area contributed by atoms with E-state index in [1.54, 1.807) is 12.1 Å². The molecule has 0 atom stereocenters. The summed E-state index contributed by atoms with van der Waals surface area (Å²) in [4.78, 5) is 22.0. The van der Waals surface area contributed by atoms with Crippen molar-refractivity contribution in [3.63, 3.8) is 0 Å². The van der Waals surface area contributed by atoms with Gasteiger partial charge < -0.3 is 4.74 Å². The lowest BCUT2D eigenvalue weighted by Gasteiger charge is -2.08. The van der Waals surface area contributed by atoms with Gasteiger partial charge in [0.1, 0.15) is 5.75 Å². The first-order chi connectivity index (χ1) is 6.60. The highest BCUT2D eigenvalue weighted by Crippen LogP contribution is 2.25. The van der Waals surface area contributed by atoms with E-state index in [1.165, 1.54) is 14.0 Å². The molecule has 1 rings (SSSR count). The molecule has 1 aromatic carbocycles. The van der Waals surface area contributed by atoms with Gasteiger partial charge in [-0.3, -0.25) is 9.59 Å². The van der Waals surface area contributed by atoms with E-state index in [4.69, 9.17) is 4.74 Å². The standard InChI is InChI=1S/C10H9IO3/c1-6(13)9-4-8(11)3-7(5-12)10(9)14-2/h3-5H,1-2H3. The van der Waals surface area contributed by atoms with E-state index in [-0.39, 0.29) is 5.78 Å². The van der Waals surface area contributed by atoms with Crippen molar-refractivity contribution in [3.8, 4) is 5.75 Å². The van der Waals surface area contributed by atoms with Crippen molar-refractivity contribution in [3.05, 3.63) is 26.8 Å². The molecule has 0 aromatic heterocycles. The maximum atomic E-state index is 11.2. The molecule has 0 fully saturated rings. The molecule has 0 bridgehead atoms. The van der Waals surface area contributed by atoms with Crippen LogP contribution in [0.25, 0.3) is 0 Å². The van der Waals surface area contributed by atoms with Crippen molar-refractivity contribution in [2.45, 2.75) is 6.92 Å². The number of rotatable bonds is 3. The Hall–Kier alpha value is -0.910. The Labute approximate surface area is 95.6 Å². The minimum absolute atomic E-state index is 0.108. The van der Waals surface area contributed by atoms with Crippen LogP contribution in [-0.4, -0.2) is 19.2 Å². The van der Waals surface area contributed by atoms with Gasteiger partial charge in [0.05, 0.1) is 18.2 Å². The summed E-state index contributed by atoms with van der Waals surface area (Å²) in [6.45, 7) is 1.45. The number of halogens is 1. The number of ketones is 1. The molecule has 0 saturated carbocycles. The molecule has 0 aliphatic carbocycles. The van der Waals surface area contributed by atoms with Crippen molar-refractivity contribution < 1.29 is 14.3 Å². The Morgan fingerprint density at radius 2 is 2.14 bits per heavy atom. The third-order valence-electron chi connectivity index (χ3n) is 1.79. The molecule has 74 valence electrons. The van der Waals surface area contributed by atoms with E-state index >= 15 is 0 Å². The lowest BCUT2D eigenvalue weighted by Crippen LogP contribution is -2.01. The van der Waals surface area contributed by atoms with Crippen LogP contribution in [0.3, 0.4) is 0 Å². The van der Waals surface area contributed by atoms with Crippen LogP contribution in [0.5, 0.6) is 5.75 Å². The van der Waals surface area contributed by atoms with Gasteiger partial charge in [0.2, 0.25) is 0 Å². The molecule has 0 aliphatic heterocycles. The first-order valence-electron chi connectivity index (χ1n) is 3.93. The number of aldehydes is 1. The molecule has 0 radical (unpaired) electrons. The fraction of sp³-hybridized carbons (Fsp3) is 0.200. The Kier molecular flexibility index (Phi) is 3.62. The third kappa shape index (κ3) is 2.12. The van der Waals surface area contributed by atoms with Gasteiger partial charge in [0.25, 0.3) is 0 Å². The number of carbonyl (C=O) groups excluding carboxylic acids is 2. The summed E-state index contributed by atoms with van der Waals surface area (Å²) < 4.78 is 5.87. The molecule has 0 aliphatic rings. The minimum Gasteiger partial charge on any atom is -0.495 e. The number of hydrogen-bond donors (Lipinski definition) is 0. The summed E-state index contributed by atoms with van der Waals surface area (Å²) in [5.41, 5.74) is 0.853. The van der Waals surface area contributed by atoms with Gasteiger partial charge >= 0.3 is 0 Å². The summed E-state index contributed by atoms with van der Waals surface area (Å²) in [5.74, 6) is 0.247. The fourth-order valence-electron chi connectivity index (χ4n) is 1.19. The third-order valence-corrected chi connectivity index (χ3v) is 2.42. The molecular formula is C10H9IO3. The van der Waals surface area contributed by atoms with Crippen molar-refractivity contribution in [1.29, 1.82) is 0 Å². The fourth-order valence-corrected chi connectivity index (χ4v) is 1.84. The van der Waals surface area contributed by atoms with Crippen LogP contribution < -0.4 is 4.74 Å². The molecule has 1 aromatic rings. The highest BCUT2D eigenvalue weighted by atomic mass is 127.